The van der Waals surface area contributed by atoms with Gasteiger partial charge in [0.05, 0.1) is 21.9 Å². The number of hydrogen-bond donors (Lipinski definition) is 2. The fraction of sp³-hybridized carbons (Fsp3) is 0.350. The summed E-state index contributed by atoms with van der Waals surface area (Å²) >= 11 is 1.20. The van der Waals surface area contributed by atoms with Crippen LogP contribution in [0.2, 0.25) is 0 Å². The van der Waals surface area contributed by atoms with E-state index >= 15 is 0 Å². The second kappa shape index (κ2) is 9.04. The molecule has 1 unspecified atom stereocenters. The van der Waals surface area contributed by atoms with Gasteiger partial charge in [-0.25, -0.2) is 4.79 Å². The zero-order valence-corrected chi connectivity index (χ0v) is 17.3. The molecule has 2 aromatic rings. The molecule has 158 valence electrons. The molecule has 0 aliphatic heterocycles. The molecule has 3 rings (SSSR count). The molecular weight excluding hydrogens is 410 g/mol. The van der Waals surface area contributed by atoms with Gasteiger partial charge in [0.15, 0.2) is 6.10 Å². The van der Waals surface area contributed by atoms with Crippen molar-refractivity contribution >= 4 is 40.4 Å². The molecule has 1 aromatic carbocycles. The van der Waals surface area contributed by atoms with Crippen LogP contribution in [0.15, 0.2) is 30.3 Å². The van der Waals surface area contributed by atoms with E-state index in [4.69, 9.17) is 4.74 Å². The van der Waals surface area contributed by atoms with E-state index in [9.17, 15) is 24.5 Å². The van der Waals surface area contributed by atoms with Gasteiger partial charge in [-0.15, -0.1) is 11.3 Å². The van der Waals surface area contributed by atoms with Gasteiger partial charge in [0.2, 0.25) is 11.7 Å². The Labute approximate surface area is 176 Å². The summed E-state index contributed by atoms with van der Waals surface area (Å²) in [6.07, 6.45) is 0.846. The van der Waals surface area contributed by atoms with Crippen LogP contribution in [0.3, 0.4) is 0 Å². The third kappa shape index (κ3) is 5.41. The molecule has 1 heterocycles. The average Bonchev–Trinajstić information content (AvgIpc) is 3.39. The Bertz CT molecular complexity index is 998. The molecule has 30 heavy (non-hydrogen) atoms. The molecule has 1 amide bonds. The minimum atomic E-state index is -1.06. The van der Waals surface area contributed by atoms with Gasteiger partial charge in [-0.2, -0.15) is 0 Å². The summed E-state index contributed by atoms with van der Waals surface area (Å²) in [5.74, 6) is -1.37. The summed E-state index contributed by atoms with van der Waals surface area (Å²) in [4.78, 5) is 47.9. The van der Waals surface area contributed by atoms with Crippen LogP contribution in [0.5, 0.6) is 0 Å². The van der Waals surface area contributed by atoms with Crippen LogP contribution in [0.1, 0.15) is 51.6 Å². The normalized spacial score (nSPS) is 13.9. The second-order valence-electron chi connectivity index (χ2n) is 7.00. The Morgan fingerprint density at radius 3 is 2.63 bits per heavy atom. The quantitative estimate of drug-likeness (QED) is 0.270. The molecule has 9 nitrogen and oxygen atoms in total. The first-order valence-corrected chi connectivity index (χ1v) is 10.2. The number of rotatable bonds is 9. The summed E-state index contributed by atoms with van der Waals surface area (Å²) in [5.41, 5.74) is 0.143. The zero-order chi connectivity index (χ0) is 21.8. The van der Waals surface area contributed by atoms with Crippen molar-refractivity contribution in [1.82, 2.24) is 5.32 Å². The van der Waals surface area contributed by atoms with Gasteiger partial charge in [-0.05, 0) is 44.0 Å². The van der Waals surface area contributed by atoms with E-state index in [-0.39, 0.29) is 29.0 Å². The number of ketones is 1. The average molecular weight is 431 g/mol. The molecule has 1 aromatic heterocycles. The zero-order valence-electron chi connectivity index (χ0n) is 16.5. The van der Waals surface area contributed by atoms with E-state index in [2.05, 4.69) is 10.6 Å². The number of benzene rings is 1. The molecule has 10 heteroatoms. The summed E-state index contributed by atoms with van der Waals surface area (Å²) in [7, 11) is 0. The number of hydrogen-bond acceptors (Lipinski definition) is 8. The second-order valence-corrected chi connectivity index (χ2v) is 8.16. The summed E-state index contributed by atoms with van der Waals surface area (Å²) in [5, 5.41) is 17.1. The number of anilines is 1. The predicted molar refractivity (Wildman–Crippen MR) is 111 cm³/mol. The number of nitrogens with zero attached hydrogens (tertiary/aromatic N) is 1. The van der Waals surface area contributed by atoms with Crippen LogP contribution in [0.4, 0.5) is 11.4 Å². The minimum Gasteiger partial charge on any atom is -0.451 e. The van der Waals surface area contributed by atoms with Crippen LogP contribution < -0.4 is 10.6 Å². The van der Waals surface area contributed by atoms with E-state index in [1.165, 1.54) is 37.3 Å². The molecule has 1 fully saturated rings. The van der Waals surface area contributed by atoms with E-state index in [1.807, 2.05) is 0 Å². The number of amides is 1. The fourth-order valence-electron chi connectivity index (χ4n) is 2.68. The van der Waals surface area contributed by atoms with E-state index in [1.54, 1.807) is 12.1 Å². The first-order valence-electron chi connectivity index (χ1n) is 9.38. The number of thiophene rings is 1. The highest BCUT2D eigenvalue weighted by Gasteiger charge is 2.27. The minimum absolute atomic E-state index is 0.000207. The smallest absolute Gasteiger partial charge is 0.339 e. The van der Waals surface area contributed by atoms with Gasteiger partial charge in [-0.3, -0.25) is 19.7 Å². The Balaban J connectivity index is 1.66. The molecule has 2 N–H and O–H groups in total. The summed E-state index contributed by atoms with van der Waals surface area (Å²) in [6.45, 7) is 3.16. The SMILES string of the molecule is CC(=O)NCc1ccc(C(=O)C(C)OC(=O)c2ccc(NC3CC3)c([N+](=O)[O-])c2)s1. The number of nitrogens with one attached hydrogen (secondary N) is 2. The number of carbonyl (C=O) groups excluding carboxylic acids is 3. The molecule has 1 aliphatic rings. The lowest BCUT2D eigenvalue weighted by atomic mass is 10.1. The van der Waals surface area contributed by atoms with Crippen molar-refractivity contribution in [2.45, 2.75) is 45.4 Å². The van der Waals surface area contributed by atoms with E-state index < -0.39 is 17.0 Å². The molecule has 0 bridgehead atoms. The van der Waals surface area contributed by atoms with Gasteiger partial charge in [0.25, 0.3) is 5.69 Å². The molecule has 1 saturated carbocycles. The monoisotopic (exact) mass is 431 g/mol. The van der Waals surface area contributed by atoms with Crippen LogP contribution in [-0.4, -0.2) is 34.7 Å². The van der Waals surface area contributed by atoms with Crippen molar-refractivity contribution in [3.63, 3.8) is 0 Å². The van der Waals surface area contributed by atoms with Crippen LogP contribution in [0.25, 0.3) is 0 Å². The Morgan fingerprint density at radius 2 is 2.00 bits per heavy atom. The maximum absolute atomic E-state index is 12.5. The number of esters is 1. The van der Waals surface area contributed by atoms with Crippen molar-refractivity contribution in [2.24, 2.45) is 0 Å². The number of nitro groups is 1. The van der Waals surface area contributed by atoms with E-state index in [0.717, 1.165) is 23.8 Å². The lowest BCUT2D eigenvalue weighted by molar-refractivity contribution is -0.384. The standard InChI is InChI=1S/C20H21N3O6S/c1-11(19(25)18-8-6-15(30-18)10-21-12(2)24)29-20(26)13-3-7-16(22-14-4-5-14)17(9-13)23(27)28/h3,6-9,11,14,22H,4-5,10H2,1-2H3,(H,21,24). The van der Waals surface area contributed by atoms with Crippen molar-refractivity contribution in [3.8, 4) is 0 Å². The third-order valence-corrected chi connectivity index (χ3v) is 5.54. The molecule has 1 atom stereocenters. The summed E-state index contributed by atoms with van der Waals surface area (Å²) in [6, 6.07) is 7.62. The van der Waals surface area contributed by atoms with Gasteiger partial charge in [0.1, 0.15) is 5.69 Å². The van der Waals surface area contributed by atoms with E-state index in [0.29, 0.717) is 17.1 Å². The number of nitro benzene ring substituents is 1. The highest BCUT2D eigenvalue weighted by atomic mass is 32.1. The highest BCUT2D eigenvalue weighted by Crippen LogP contribution is 2.32. The Kier molecular flexibility index (Phi) is 6.46. The predicted octanol–water partition coefficient (Wildman–Crippen LogP) is 3.29. The van der Waals surface area contributed by atoms with Crippen molar-refractivity contribution < 1.29 is 24.0 Å². The van der Waals surface area contributed by atoms with Crippen molar-refractivity contribution in [2.75, 3.05) is 5.32 Å². The molecule has 0 radical (unpaired) electrons. The lowest BCUT2D eigenvalue weighted by Crippen LogP contribution is -2.24. The van der Waals surface area contributed by atoms with Gasteiger partial charge in [0, 0.05) is 23.9 Å². The van der Waals surface area contributed by atoms with Crippen LogP contribution >= 0.6 is 11.3 Å². The maximum atomic E-state index is 12.5. The lowest BCUT2D eigenvalue weighted by Gasteiger charge is -2.12. The molecular formula is C20H21N3O6S. The number of carbonyl (C=O) groups is 3. The van der Waals surface area contributed by atoms with Crippen molar-refractivity contribution in [1.29, 1.82) is 0 Å². The largest absolute Gasteiger partial charge is 0.451 e. The number of ether oxygens (including phenoxy) is 1. The first kappa shape index (κ1) is 21.4. The fourth-order valence-corrected chi connectivity index (χ4v) is 3.64. The Hall–Kier alpha value is -3.27. The molecule has 0 saturated heterocycles. The third-order valence-electron chi connectivity index (χ3n) is 4.44. The Morgan fingerprint density at radius 1 is 1.27 bits per heavy atom. The maximum Gasteiger partial charge on any atom is 0.339 e. The van der Waals surface area contributed by atoms with Crippen LogP contribution in [0, 0.1) is 10.1 Å². The van der Waals surface area contributed by atoms with Gasteiger partial charge in [-0.1, -0.05) is 0 Å². The van der Waals surface area contributed by atoms with Gasteiger partial charge < -0.3 is 15.4 Å². The van der Waals surface area contributed by atoms with Gasteiger partial charge >= 0.3 is 5.97 Å². The first-order chi connectivity index (χ1) is 14.2. The van der Waals surface area contributed by atoms with Crippen molar-refractivity contribution in [3.05, 3.63) is 55.8 Å². The highest BCUT2D eigenvalue weighted by molar-refractivity contribution is 7.14. The summed E-state index contributed by atoms with van der Waals surface area (Å²) < 4.78 is 5.23. The molecule has 1 aliphatic carbocycles. The topological polar surface area (TPSA) is 128 Å². The molecule has 0 spiro atoms. The number of Topliss-reactive ketones (excluding diaryl/α,β-unsaturated/α-hetero) is 1. The van der Waals surface area contributed by atoms with Crippen LogP contribution in [-0.2, 0) is 16.1 Å².